The second-order valence-electron chi connectivity index (χ2n) is 16.0. The summed E-state index contributed by atoms with van der Waals surface area (Å²) in [7, 11) is -2.29. The lowest BCUT2D eigenvalue weighted by Gasteiger charge is -2.38. The van der Waals surface area contributed by atoms with Crippen LogP contribution in [0.2, 0.25) is 16.6 Å². The number of alkyl halides is 1. The highest BCUT2D eigenvalue weighted by Gasteiger charge is 2.49. The van der Waals surface area contributed by atoms with Gasteiger partial charge in [0, 0.05) is 37.0 Å². The fraction of sp³-hybridized carbons (Fsp3) is 0.525. The van der Waals surface area contributed by atoms with E-state index in [1.54, 1.807) is 13.0 Å². The smallest absolute Gasteiger partial charge is 0.319 e. The molecule has 0 radical (unpaired) electrons. The van der Waals surface area contributed by atoms with Gasteiger partial charge in [0.2, 0.25) is 0 Å². The first-order chi connectivity index (χ1) is 24.6. The van der Waals surface area contributed by atoms with Crippen LogP contribution >= 0.6 is 0 Å². The van der Waals surface area contributed by atoms with Crippen molar-refractivity contribution in [3.63, 3.8) is 0 Å². The molecule has 52 heavy (non-hydrogen) atoms. The van der Waals surface area contributed by atoms with Gasteiger partial charge in [0.25, 0.3) is 0 Å². The van der Waals surface area contributed by atoms with Gasteiger partial charge < -0.3 is 19.8 Å². The average Bonchev–Trinajstić information content (AvgIpc) is 3.59. The number of ether oxygens (including phenoxy) is 1. The molecule has 0 spiro atoms. The number of anilines is 1. The fourth-order valence-electron chi connectivity index (χ4n) is 9.39. The molecule has 3 fully saturated rings. The van der Waals surface area contributed by atoms with E-state index in [1.165, 1.54) is 18.2 Å². The minimum Gasteiger partial charge on any atom is -0.508 e. The number of aryl methyl sites for hydroxylation is 1. The lowest BCUT2D eigenvalue weighted by atomic mass is 9.95. The molecule has 7 rings (SSSR count). The van der Waals surface area contributed by atoms with E-state index in [2.05, 4.69) is 62.9 Å². The zero-order valence-corrected chi connectivity index (χ0v) is 32.0. The molecule has 8 nitrogen and oxygen atoms in total. The third kappa shape index (κ3) is 5.98. The lowest BCUT2D eigenvalue weighted by Crippen LogP contribution is -2.51. The normalized spacial score (nSPS) is 21.0. The van der Waals surface area contributed by atoms with E-state index in [1.807, 2.05) is 4.90 Å². The number of hydrogen-bond acceptors (Lipinski definition) is 8. The van der Waals surface area contributed by atoms with E-state index in [4.69, 9.17) is 14.7 Å². The molecular weight excluding hydrogens is 684 g/mol. The number of phenols is 1. The van der Waals surface area contributed by atoms with Gasteiger partial charge in [-0.1, -0.05) is 53.5 Å². The second-order valence-corrected chi connectivity index (χ2v) is 21.6. The largest absolute Gasteiger partial charge is 0.508 e. The third-order valence-electron chi connectivity index (χ3n) is 11.9. The molecule has 4 aromatic rings. The van der Waals surface area contributed by atoms with Crippen LogP contribution in [0.3, 0.4) is 0 Å². The van der Waals surface area contributed by atoms with Crippen LogP contribution in [0.5, 0.6) is 11.8 Å². The van der Waals surface area contributed by atoms with Crippen LogP contribution in [0.25, 0.3) is 32.9 Å². The number of fused-ring (bicyclic) bond motifs is 3. The van der Waals surface area contributed by atoms with Crippen molar-refractivity contribution in [1.82, 2.24) is 19.9 Å². The Morgan fingerprint density at radius 2 is 1.71 bits per heavy atom. The Morgan fingerprint density at radius 3 is 2.38 bits per heavy atom. The van der Waals surface area contributed by atoms with Crippen molar-refractivity contribution in [3.8, 4) is 34.5 Å². The van der Waals surface area contributed by atoms with Gasteiger partial charge in [-0.3, -0.25) is 4.90 Å². The number of halogens is 3. The number of rotatable bonds is 8. The van der Waals surface area contributed by atoms with Crippen molar-refractivity contribution >= 4 is 35.6 Å². The van der Waals surface area contributed by atoms with E-state index in [9.17, 15) is 14.6 Å². The standard InChI is InChI=1S/C40H48F3N5O3Si/c1-22(2)52(23(3)4,24(5)6)14-11-30-32(42)10-9-26-15-28(49)16-31(34(26)30)36-35(43)37-33(25(7)44-36)38(47-19-29(50)20-47)46-39(45-37)51-21-40-12-8-13-48(40)18-27(41)17-40/h9-10,15-16,22-24,27,29,49-50H,8,12-13,17-21H2,1-7H3/t27-,40+/m1/s1. The maximum Gasteiger partial charge on any atom is 0.319 e. The number of aromatic nitrogens is 3. The van der Waals surface area contributed by atoms with Crippen molar-refractivity contribution in [2.75, 3.05) is 37.7 Å². The number of aromatic hydroxyl groups is 1. The predicted molar refractivity (Wildman–Crippen MR) is 201 cm³/mol. The first kappa shape index (κ1) is 36.4. The number of nitrogens with zero attached hydrogens (tertiary/aromatic N) is 5. The maximum atomic E-state index is 17.2. The second kappa shape index (κ2) is 13.5. The average molecular weight is 732 g/mol. The Hall–Kier alpha value is -3.92. The van der Waals surface area contributed by atoms with Crippen molar-refractivity contribution in [1.29, 1.82) is 0 Å². The van der Waals surface area contributed by atoms with E-state index < -0.39 is 37.5 Å². The van der Waals surface area contributed by atoms with E-state index in [0.717, 1.165) is 19.4 Å². The molecule has 5 heterocycles. The zero-order chi connectivity index (χ0) is 37.3. The van der Waals surface area contributed by atoms with Gasteiger partial charge in [-0.25, -0.2) is 18.2 Å². The van der Waals surface area contributed by atoms with Crippen LogP contribution in [0.15, 0.2) is 24.3 Å². The highest BCUT2D eigenvalue weighted by atomic mass is 28.3. The molecule has 0 amide bonds. The topological polar surface area (TPSA) is 94.8 Å². The van der Waals surface area contributed by atoms with Crippen LogP contribution in [0, 0.1) is 30.0 Å². The Bertz CT molecular complexity index is 2090. The van der Waals surface area contributed by atoms with Crippen LogP contribution < -0.4 is 9.64 Å². The molecule has 0 aliphatic carbocycles. The summed E-state index contributed by atoms with van der Waals surface area (Å²) in [5.74, 6) is 2.18. The fourth-order valence-corrected chi connectivity index (χ4v) is 14.6. The Kier molecular flexibility index (Phi) is 9.45. The SMILES string of the molecule is Cc1nc(-c2cc(O)cc3ccc(F)c(C#C[Si](C(C)C)(C(C)C)C(C)C)c23)c(F)c2nc(OC[C@@]34CCCN3C[C@H](F)C4)nc(N3CC(O)C3)c12. The third-order valence-corrected chi connectivity index (χ3v) is 18.2. The molecule has 12 heteroatoms. The minimum absolute atomic E-state index is 0.0502. The van der Waals surface area contributed by atoms with Gasteiger partial charge in [-0.05, 0) is 66.5 Å². The van der Waals surface area contributed by atoms with Crippen molar-refractivity contribution in [2.24, 2.45) is 0 Å². The van der Waals surface area contributed by atoms with Crippen LogP contribution in [-0.2, 0) is 0 Å². The summed E-state index contributed by atoms with van der Waals surface area (Å²) in [5.41, 5.74) is 4.65. The molecule has 0 unspecified atom stereocenters. The summed E-state index contributed by atoms with van der Waals surface area (Å²) in [6.07, 6.45) is 0.582. The van der Waals surface area contributed by atoms with Crippen LogP contribution in [0.4, 0.5) is 19.0 Å². The molecule has 276 valence electrons. The highest BCUT2D eigenvalue weighted by Crippen LogP contribution is 2.44. The van der Waals surface area contributed by atoms with Crippen LogP contribution in [0.1, 0.15) is 72.1 Å². The molecular formula is C40H48F3N5O3Si. The summed E-state index contributed by atoms with van der Waals surface area (Å²) in [4.78, 5) is 18.0. The summed E-state index contributed by atoms with van der Waals surface area (Å²) >= 11 is 0. The first-order valence-corrected chi connectivity index (χ1v) is 20.7. The van der Waals surface area contributed by atoms with Crippen molar-refractivity contribution < 1.29 is 28.1 Å². The summed E-state index contributed by atoms with van der Waals surface area (Å²) in [5, 5.41) is 22.3. The van der Waals surface area contributed by atoms with Gasteiger partial charge in [-0.2, -0.15) is 9.97 Å². The Balaban J connectivity index is 1.42. The molecule has 2 N–H and O–H groups in total. The molecule has 2 aromatic carbocycles. The Labute approximate surface area is 304 Å². The number of hydrogen-bond donors (Lipinski definition) is 2. The predicted octanol–water partition coefficient (Wildman–Crippen LogP) is 7.84. The number of pyridine rings is 1. The number of aliphatic hydroxyl groups is 1. The van der Waals surface area contributed by atoms with Gasteiger partial charge in [0.1, 0.15) is 49.4 Å². The van der Waals surface area contributed by atoms with E-state index >= 15 is 8.78 Å². The first-order valence-electron chi connectivity index (χ1n) is 18.5. The molecule has 2 aromatic heterocycles. The number of aliphatic hydroxyl groups excluding tert-OH is 1. The molecule has 3 aliphatic rings. The van der Waals surface area contributed by atoms with Gasteiger partial charge in [0.15, 0.2) is 5.82 Å². The van der Waals surface area contributed by atoms with Crippen molar-refractivity contribution in [3.05, 3.63) is 47.2 Å². The van der Waals surface area contributed by atoms with Gasteiger partial charge in [0.05, 0.1) is 28.3 Å². The van der Waals surface area contributed by atoms with Gasteiger partial charge >= 0.3 is 6.01 Å². The van der Waals surface area contributed by atoms with Gasteiger partial charge in [-0.15, -0.1) is 5.54 Å². The van der Waals surface area contributed by atoms with Crippen molar-refractivity contribution in [2.45, 2.75) is 102 Å². The van der Waals surface area contributed by atoms with E-state index in [-0.39, 0.29) is 40.7 Å². The molecule has 2 atom stereocenters. The zero-order valence-electron chi connectivity index (χ0n) is 31.0. The summed E-state index contributed by atoms with van der Waals surface area (Å²) in [6.45, 7) is 16.7. The molecule has 3 aliphatic heterocycles. The minimum atomic E-state index is -2.29. The van der Waals surface area contributed by atoms with E-state index in [0.29, 0.717) is 70.3 Å². The van der Waals surface area contributed by atoms with Crippen LogP contribution in [-0.4, -0.2) is 88.7 Å². The summed E-state index contributed by atoms with van der Waals surface area (Å²) < 4.78 is 53.9. The molecule has 0 bridgehead atoms. The number of phenolic OH excluding ortho intramolecular Hbond substituents is 1. The summed E-state index contributed by atoms with van der Waals surface area (Å²) in [6, 6.07) is 5.75. The highest BCUT2D eigenvalue weighted by molar-refractivity contribution is 6.90. The monoisotopic (exact) mass is 731 g/mol. The number of benzene rings is 2. The molecule has 3 saturated heterocycles. The molecule has 0 saturated carbocycles. The lowest BCUT2D eigenvalue weighted by molar-refractivity contribution is 0.107. The Morgan fingerprint density at radius 1 is 1.00 bits per heavy atom. The number of β-amino-alcohol motifs (C(OH)–C–C–N with tert-alkyl or cyclic N) is 1. The quantitative estimate of drug-likeness (QED) is 0.140. The maximum absolute atomic E-state index is 17.2.